The summed E-state index contributed by atoms with van der Waals surface area (Å²) in [5.74, 6) is 0.109. The summed E-state index contributed by atoms with van der Waals surface area (Å²) >= 11 is 1.43. The SMILES string of the molecule is CCOc1ccc(SCC(=O)N2CCOCC2CC(=O)O)cc1. The number of nitrogens with zero attached hydrogens (tertiary/aromatic N) is 1. The highest BCUT2D eigenvalue weighted by molar-refractivity contribution is 8.00. The zero-order valence-corrected chi connectivity index (χ0v) is 13.9. The number of benzene rings is 1. The number of carbonyl (C=O) groups is 2. The number of hydrogen-bond donors (Lipinski definition) is 1. The third kappa shape index (κ3) is 5.44. The number of amides is 1. The number of carboxylic acid groups (broad SMARTS) is 1. The number of rotatable bonds is 7. The highest BCUT2D eigenvalue weighted by atomic mass is 32.2. The van der Waals surface area contributed by atoms with Crippen LogP contribution in [-0.2, 0) is 14.3 Å². The minimum atomic E-state index is -0.919. The van der Waals surface area contributed by atoms with E-state index in [1.807, 2.05) is 31.2 Å². The van der Waals surface area contributed by atoms with Crippen molar-refractivity contribution in [3.05, 3.63) is 24.3 Å². The zero-order chi connectivity index (χ0) is 16.7. The molecule has 0 spiro atoms. The van der Waals surface area contributed by atoms with Crippen LogP contribution in [0.5, 0.6) is 5.75 Å². The average molecular weight is 339 g/mol. The van der Waals surface area contributed by atoms with Gasteiger partial charge < -0.3 is 19.5 Å². The second kappa shape index (κ2) is 8.79. The molecule has 1 N–H and O–H groups in total. The summed E-state index contributed by atoms with van der Waals surface area (Å²) in [6.07, 6.45) is -0.0839. The Morgan fingerprint density at radius 1 is 1.39 bits per heavy atom. The van der Waals surface area contributed by atoms with E-state index in [1.165, 1.54) is 11.8 Å². The first-order valence-corrected chi connectivity index (χ1v) is 8.53. The third-order valence-electron chi connectivity index (χ3n) is 3.46. The monoisotopic (exact) mass is 339 g/mol. The van der Waals surface area contributed by atoms with Gasteiger partial charge in [-0.3, -0.25) is 9.59 Å². The summed E-state index contributed by atoms with van der Waals surface area (Å²) in [7, 11) is 0. The van der Waals surface area contributed by atoms with Crippen molar-refractivity contribution in [2.75, 3.05) is 32.1 Å². The number of ether oxygens (including phenoxy) is 2. The second-order valence-corrected chi connectivity index (χ2v) is 6.16. The molecule has 1 atom stereocenters. The minimum Gasteiger partial charge on any atom is -0.494 e. The Morgan fingerprint density at radius 3 is 2.78 bits per heavy atom. The molecule has 0 saturated carbocycles. The summed E-state index contributed by atoms with van der Waals surface area (Å²) in [5.41, 5.74) is 0. The van der Waals surface area contributed by atoms with Crippen molar-refractivity contribution < 1.29 is 24.2 Å². The molecule has 7 heteroatoms. The number of aliphatic carboxylic acids is 1. The fraction of sp³-hybridized carbons (Fsp3) is 0.500. The molecule has 0 aliphatic carbocycles. The predicted octanol–water partition coefficient (Wildman–Crippen LogP) is 1.88. The van der Waals surface area contributed by atoms with Crippen LogP contribution in [0.15, 0.2) is 29.2 Å². The molecule has 23 heavy (non-hydrogen) atoms. The van der Waals surface area contributed by atoms with Gasteiger partial charge >= 0.3 is 5.97 Å². The minimum absolute atomic E-state index is 0.0570. The summed E-state index contributed by atoms with van der Waals surface area (Å²) < 4.78 is 10.7. The Balaban J connectivity index is 1.88. The van der Waals surface area contributed by atoms with E-state index in [2.05, 4.69) is 0 Å². The van der Waals surface area contributed by atoms with Crippen LogP contribution in [0.4, 0.5) is 0 Å². The Morgan fingerprint density at radius 2 is 2.13 bits per heavy atom. The summed E-state index contributed by atoms with van der Waals surface area (Å²) in [5, 5.41) is 8.93. The standard InChI is InChI=1S/C16H21NO5S/c1-2-22-13-3-5-14(6-4-13)23-11-15(18)17-7-8-21-10-12(17)9-16(19)20/h3-6,12H,2,7-11H2,1H3,(H,19,20). The second-order valence-electron chi connectivity index (χ2n) is 5.11. The molecule has 6 nitrogen and oxygen atoms in total. The van der Waals surface area contributed by atoms with Gasteiger partial charge in [-0.2, -0.15) is 0 Å². The molecule has 126 valence electrons. The molecule has 0 radical (unpaired) electrons. The summed E-state index contributed by atoms with van der Waals surface area (Å²) in [6, 6.07) is 7.19. The third-order valence-corrected chi connectivity index (χ3v) is 4.45. The Labute approximate surface area is 139 Å². The largest absolute Gasteiger partial charge is 0.494 e. The van der Waals surface area contributed by atoms with E-state index in [4.69, 9.17) is 14.6 Å². The van der Waals surface area contributed by atoms with Gasteiger partial charge in [0.1, 0.15) is 5.75 Å². The van der Waals surface area contributed by atoms with Gasteiger partial charge in [0.25, 0.3) is 0 Å². The van der Waals surface area contributed by atoms with E-state index >= 15 is 0 Å². The molecule has 1 heterocycles. The van der Waals surface area contributed by atoms with Crippen molar-refractivity contribution in [1.82, 2.24) is 4.90 Å². The van der Waals surface area contributed by atoms with Crippen LogP contribution in [0, 0.1) is 0 Å². The Bertz CT molecular complexity index is 534. The van der Waals surface area contributed by atoms with E-state index in [9.17, 15) is 9.59 Å². The average Bonchev–Trinajstić information content (AvgIpc) is 2.54. The zero-order valence-electron chi connectivity index (χ0n) is 13.1. The molecule has 2 rings (SSSR count). The fourth-order valence-electron chi connectivity index (χ4n) is 2.38. The van der Waals surface area contributed by atoms with E-state index in [0.29, 0.717) is 19.8 Å². The smallest absolute Gasteiger partial charge is 0.305 e. The fourth-order valence-corrected chi connectivity index (χ4v) is 3.17. The van der Waals surface area contributed by atoms with Crippen molar-refractivity contribution in [2.24, 2.45) is 0 Å². The first kappa shape index (κ1) is 17.6. The van der Waals surface area contributed by atoms with E-state index in [-0.39, 0.29) is 30.7 Å². The molecule has 1 fully saturated rings. The Hall–Kier alpha value is -1.73. The van der Waals surface area contributed by atoms with Crippen molar-refractivity contribution in [3.63, 3.8) is 0 Å². The maximum Gasteiger partial charge on any atom is 0.305 e. The number of carboxylic acids is 1. The van der Waals surface area contributed by atoms with E-state index in [1.54, 1.807) is 4.90 Å². The molecule has 1 unspecified atom stereocenters. The highest BCUT2D eigenvalue weighted by Gasteiger charge is 2.28. The normalized spacial score (nSPS) is 17.8. The quantitative estimate of drug-likeness (QED) is 0.765. The molecule has 1 aliphatic rings. The molecule has 1 aromatic rings. The lowest BCUT2D eigenvalue weighted by Crippen LogP contribution is -2.50. The Kier molecular flexibility index (Phi) is 6.73. The molecule has 1 aromatic carbocycles. The highest BCUT2D eigenvalue weighted by Crippen LogP contribution is 2.23. The molecule has 0 bridgehead atoms. The van der Waals surface area contributed by atoms with Gasteiger partial charge in [-0.05, 0) is 31.2 Å². The first-order chi connectivity index (χ1) is 11.1. The molecule has 1 saturated heterocycles. The van der Waals surface area contributed by atoms with Crippen LogP contribution in [-0.4, -0.2) is 60.0 Å². The van der Waals surface area contributed by atoms with Crippen molar-refractivity contribution in [1.29, 1.82) is 0 Å². The van der Waals surface area contributed by atoms with Crippen LogP contribution in [0.3, 0.4) is 0 Å². The lowest BCUT2D eigenvalue weighted by atomic mass is 10.1. The van der Waals surface area contributed by atoms with Crippen LogP contribution in [0.2, 0.25) is 0 Å². The van der Waals surface area contributed by atoms with Gasteiger partial charge in [-0.15, -0.1) is 11.8 Å². The van der Waals surface area contributed by atoms with E-state index < -0.39 is 5.97 Å². The predicted molar refractivity (Wildman–Crippen MR) is 86.9 cm³/mol. The van der Waals surface area contributed by atoms with Gasteiger partial charge in [-0.1, -0.05) is 0 Å². The van der Waals surface area contributed by atoms with Gasteiger partial charge in [0.2, 0.25) is 5.91 Å². The number of carbonyl (C=O) groups excluding carboxylic acids is 1. The van der Waals surface area contributed by atoms with Crippen LogP contribution in [0.1, 0.15) is 13.3 Å². The lowest BCUT2D eigenvalue weighted by molar-refractivity contribution is -0.144. The maximum atomic E-state index is 12.4. The van der Waals surface area contributed by atoms with Gasteiger partial charge in [-0.25, -0.2) is 0 Å². The molecule has 1 amide bonds. The van der Waals surface area contributed by atoms with Crippen LogP contribution < -0.4 is 4.74 Å². The number of hydrogen-bond acceptors (Lipinski definition) is 5. The number of thioether (sulfide) groups is 1. The van der Waals surface area contributed by atoms with Crippen molar-refractivity contribution in [2.45, 2.75) is 24.3 Å². The summed E-state index contributed by atoms with van der Waals surface area (Å²) in [6.45, 7) is 3.73. The van der Waals surface area contributed by atoms with Crippen LogP contribution in [0.25, 0.3) is 0 Å². The molecule has 1 aliphatic heterocycles. The van der Waals surface area contributed by atoms with Gasteiger partial charge in [0.05, 0.1) is 38.0 Å². The summed E-state index contributed by atoms with van der Waals surface area (Å²) in [4.78, 5) is 25.9. The van der Waals surface area contributed by atoms with Gasteiger partial charge in [0, 0.05) is 11.4 Å². The van der Waals surface area contributed by atoms with Gasteiger partial charge in [0.15, 0.2) is 0 Å². The number of morpholine rings is 1. The topological polar surface area (TPSA) is 76.1 Å². The van der Waals surface area contributed by atoms with Crippen molar-refractivity contribution >= 4 is 23.6 Å². The van der Waals surface area contributed by atoms with E-state index in [0.717, 1.165) is 10.6 Å². The molecular weight excluding hydrogens is 318 g/mol. The lowest BCUT2D eigenvalue weighted by Gasteiger charge is -2.34. The van der Waals surface area contributed by atoms with Crippen molar-refractivity contribution in [3.8, 4) is 5.75 Å². The first-order valence-electron chi connectivity index (χ1n) is 7.54. The molecular formula is C16H21NO5S. The maximum absolute atomic E-state index is 12.4. The molecule has 0 aromatic heterocycles. The van der Waals surface area contributed by atoms with Crippen LogP contribution >= 0.6 is 11.8 Å².